The van der Waals surface area contributed by atoms with Crippen LogP contribution in [0.15, 0.2) is 9.64 Å². The molecule has 4 heteroatoms. The van der Waals surface area contributed by atoms with Gasteiger partial charge in [0.05, 0.1) is 5.69 Å². The lowest BCUT2D eigenvalue weighted by atomic mass is 9.95. The monoisotopic (exact) mass is 254 g/mol. The third-order valence-corrected chi connectivity index (χ3v) is 4.53. The smallest absolute Gasteiger partial charge is 0.256 e. The molecule has 3 nitrogen and oxygen atoms in total. The van der Waals surface area contributed by atoms with Crippen molar-refractivity contribution < 1.29 is 4.42 Å². The molecule has 17 heavy (non-hydrogen) atoms. The normalized spacial score (nSPS) is 25.1. The summed E-state index contributed by atoms with van der Waals surface area (Å²) in [6, 6.07) is 0.684. The summed E-state index contributed by atoms with van der Waals surface area (Å²) in [4.78, 5) is 4.45. The van der Waals surface area contributed by atoms with Crippen molar-refractivity contribution in [2.45, 2.75) is 63.0 Å². The zero-order valence-corrected chi connectivity index (χ0v) is 11.8. The van der Waals surface area contributed by atoms with Crippen LogP contribution in [-0.2, 0) is 0 Å². The summed E-state index contributed by atoms with van der Waals surface area (Å²) in [6.45, 7) is 7.23. The Kier molecular flexibility index (Phi) is 4.51. The molecule has 1 aliphatic rings. The van der Waals surface area contributed by atoms with Crippen molar-refractivity contribution in [1.29, 1.82) is 0 Å². The zero-order valence-electron chi connectivity index (χ0n) is 11.0. The van der Waals surface area contributed by atoms with Gasteiger partial charge in [-0.25, -0.2) is 4.98 Å². The summed E-state index contributed by atoms with van der Waals surface area (Å²) in [5.41, 5.74) is 1.02. The Morgan fingerprint density at radius 3 is 2.88 bits per heavy atom. The first-order valence-electron chi connectivity index (χ1n) is 6.53. The molecule has 2 atom stereocenters. The van der Waals surface area contributed by atoms with Crippen LogP contribution >= 0.6 is 11.8 Å². The highest BCUT2D eigenvalue weighted by atomic mass is 32.2. The minimum absolute atomic E-state index is 0.658. The Hall–Kier alpha value is -0.480. The second-order valence-corrected chi connectivity index (χ2v) is 6.03. The Bertz CT molecular complexity index is 343. The average Bonchev–Trinajstić information content (AvgIpc) is 2.59. The van der Waals surface area contributed by atoms with Crippen LogP contribution in [0.4, 0.5) is 0 Å². The van der Waals surface area contributed by atoms with Crippen molar-refractivity contribution in [3.05, 3.63) is 11.5 Å². The molecule has 1 aromatic rings. The van der Waals surface area contributed by atoms with Crippen molar-refractivity contribution in [3.63, 3.8) is 0 Å². The van der Waals surface area contributed by atoms with E-state index >= 15 is 0 Å². The van der Waals surface area contributed by atoms with Crippen LogP contribution in [0.5, 0.6) is 0 Å². The van der Waals surface area contributed by atoms with Crippen molar-refractivity contribution in [1.82, 2.24) is 10.3 Å². The van der Waals surface area contributed by atoms with Crippen LogP contribution in [0.1, 0.15) is 44.1 Å². The molecule has 0 amide bonds. The van der Waals surface area contributed by atoms with Crippen LogP contribution in [0.25, 0.3) is 0 Å². The number of hydrogen-bond donors (Lipinski definition) is 1. The van der Waals surface area contributed by atoms with E-state index in [-0.39, 0.29) is 0 Å². The molecule has 0 radical (unpaired) electrons. The van der Waals surface area contributed by atoms with Gasteiger partial charge in [-0.3, -0.25) is 0 Å². The lowest BCUT2D eigenvalue weighted by molar-refractivity contribution is 0.382. The van der Waals surface area contributed by atoms with E-state index < -0.39 is 0 Å². The molecular weight excluding hydrogens is 232 g/mol. The fourth-order valence-electron chi connectivity index (χ4n) is 2.36. The number of aromatic nitrogens is 1. The van der Waals surface area contributed by atoms with E-state index in [2.05, 4.69) is 17.2 Å². The van der Waals surface area contributed by atoms with Gasteiger partial charge < -0.3 is 9.73 Å². The van der Waals surface area contributed by atoms with Crippen molar-refractivity contribution in [2.24, 2.45) is 0 Å². The summed E-state index contributed by atoms with van der Waals surface area (Å²) in [6.07, 6.45) is 5.15. The number of aryl methyl sites for hydroxylation is 2. The van der Waals surface area contributed by atoms with E-state index in [1.54, 1.807) is 0 Å². The first-order chi connectivity index (χ1) is 8.19. The predicted molar refractivity (Wildman–Crippen MR) is 71.6 cm³/mol. The molecule has 0 aliphatic heterocycles. The lowest BCUT2D eigenvalue weighted by Crippen LogP contribution is -2.34. The molecule has 0 bridgehead atoms. The van der Waals surface area contributed by atoms with E-state index in [4.69, 9.17) is 4.42 Å². The fourth-order valence-corrected chi connectivity index (χ4v) is 3.62. The van der Waals surface area contributed by atoms with Gasteiger partial charge in [0.15, 0.2) is 0 Å². The standard InChI is InChI=1S/C13H22N2OS/c1-4-14-11-6-5-7-12(8-11)17-13-15-9(2)10(3)16-13/h11-12,14H,4-8H2,1-3H3. The number of thioether (sulfide) groups is 1. The van der Waals surface area contributed by atoms with Gasteiger partial charge in [-0.15, -0.1) is 0 Å². The summed E-state index contributed by atoms with van der Waals surface area (Å²) >= 11 is 1.81. The second-order valence-electron chi connectivity index (χ2n) is 4.78. The predicted octanol–water partition coefficient (Wildman–Crippen LogP) is 3.30. The highest BCUT2D eigenvalue weighted by Crippen LogP contribution is 2.33. The highest BCUT2D eigenvalue weighted by Gasteiger charge is 2.23. The van der Waals surface area contributed by atoms with Gasteiger partial charge in [0.1, 0.15) is 5.76 Å². The van der Waals surface area contributed by atoms with Crippen LogP contribution < -0.4 is 5.32 Å². The SMILES string of the molecule is CCNC1CCCC(Sc2nc(C)c(C)o2)C1. The van der Waals surface area contributed by atoms with Crippen molar-refractivity contribution in [3.8, 4) is 0 Å². The van der Waals surface area contributed by atoms with E-state index in [1.165, 1.54) is 25.7 Å². The highest BCUT2D eigenvalue weighted by molar-refractivity contribution is 7.99. The average molecular weight is 254 g/mol. The van der Waals surface area contributed by atoms with Crippen LogP contribution in [0, 0.1) is 13.8 Å². The Labute approximate surface area is 108 Å². The maximum absolute atomic E-state index is 5.64. The third-order valence-electron chi connectivity index (χ3n) is 3.40. The number of nitrogens with zero attached hydrogens (tertiary/aromatic N) is 1. The molecule has 0 saturated heterocycles. The van der Waals surface area contributed by atoms with Gasteiger partial charge in [0.2, 0.25) is 0 Å². The Morgan fingerprint density at radius 1 is 1.41 bits per heavy atom. The summed E-state index contributed by atoms with van der Waals surface area (Å²) < 4.78 is 5.64. The molecule has 1 fully saturated rings. The fraction of sp³-hybridized carbons (Fsp3) is 0.769. The quantitative estimate of drug-likeness (QED) is 0.894. The number of oxazole rings is 1. The summed E-state index contributed by atoms with van der Waals surface area (Å²) in [5.74, 6) is 0.951. The van der Waals surface area contributed by atoms with Crippen LogP contribution in [0.2, 0.25) is 0 Å². The molecule has 0 spiro atoms. The van der Waals surface area contributed by atoms with Crippen LogP contribution in [-0.4, -0.2) is 22.8 Å². The Morgan fingerprint density at radius 2 is 2.24 bits per heavy atom. The summed E-state index contributed by atoms with van der Waals surface area (Å²) in [7, 11) is 0. The molecule has 1 aliphatic carbocycles. The van der Waals surface area contributed by atoms with Crippen LogP contribution in [0.3, 0.4) is 0 Å². The molecule has 0 aromatic carbocycles. The van der Waals surface area contributed by atoms with Gasteiger partial charge in [-0.05, 0) is 39.7 Å². The lowest BCUT2D eigenvalue weighted by Gasteiger charge is -2.28. The first kappa shape index (κ1) is 13.0. The zero-order chi connectivity index (χ0) is 12.3. The van der Waals surface area contributed by atoms with E-state index in [0.29, 0.717) is 11.3 Å². The van der Waals surface area contributed by atoms with Crippen molar-refractivity contribution >= 4 is 11.8 Å². The molecule has 2 rings (SSSR count). The molecule has 1 saturated carbocycles. The van der Waals surface area contributed by atoms with Gasteiger partial charge in [0, 0.05) is 11.3 Å². The molecule has 2 unspecified atom stereocenters. The Balaban J connectivity index is 1.90. The molecule has 96 valence electrons. The first-order valence-corrected chi connectivity index (χ1v) is 7.41. The van der Waals surface area contributed by atoms with E-state index in [1.807, 2.05) is 25.6 Å². The van der Waals surface area contributed by atoms with Gasteiger partial charge in [-0.1, -0.05) is 25.1 Å². The number of hydrogen-bond acceptors (Lipinski definition) is 4. The molecule has 1 heterocycles. The molecular formula is C13H22N2OS. The van der Waals surface area contributed by atoms with Gasteiger partial charge in [0.25, 0.3) is 5.22 Å². The van der Waals surface area contributed by atoms with Gasteiger partial charge >= 0.3 is 0 Å². The molecule has 1 N–H and O–H groups in total. The topological polar surface area (TPSA) is 38.1 Å². The van der Waals surface area contributed by atoms with Crippen molar-refractivity contribution in [2.75, 3.05) is 6.54 Å². The molecule has 1 aromatic heterocycles. The van der Waals surface area contributed by atoms with Gasteiger partial charge in [-0.2, -0.15) is 0 Å². The third kappa shape index (κ3) is 3.49. The summed E-state index contributed by atoms with van der Waals surface area (Å²) in [5, 5.41) is 5.06. The largest absolute Gasteiger partial charge is 0.437 e. The van der Waals surface area contributed by atoms with E-state index in [9.17, 15) is 0 Å². The second kappa shape index (κ2) is 5.91. The minimum Gasteiger partial charge on any atom is -0.437 e. The minimum atomic E-state index is 0.658. The maximum atomic E-state index is 5.64. The number of nitrogens with one attached hydrogen (secondary N) is 1. The number of rotatable bonds is 4. The maximum Gasteiger partial charge on any atom is 0.256 e. The van der Waals surface area contributed by atoms with E-state index in [0.717, 1.165) is 23.2 Å².